The highest BCUT2D eigenvalue weighted by Gasteiger charge is 2.24. The third-order valence-corrected chi connectivity index (χ3v) is 6.30. The van der Waals surface area contributed by atoms with Crippen LogP contribution < -0.4 is 5.32 Å². The number of carbonyl (C=O) groups excluding carboxylic acids is 1. The van der Waals surface area contributed by atoms with Crippen molar-refractivity contribution in [3.8, 4) is 0 Å². The third-order valence-electron chi connectivity index (χ3n) is 5.33. The smallest absolute Gasteiger partial charge is 0.230 e. The van der Waals surface area contributed by atoms with Gasteiger partial charge in [0.15, 0.2) is 5.16 Å². The average molecular weight is 351 g/mol. The first kappa shape index (κ1) is 17.8. The van der Waals surface area contributed by atoms with Crippen LogP contribution in [0.1, 0.15) is 82.9 Å². The number of nitrogens with one attached hydrogen (secondary N) is 1. The van der Waals surface area contributed by atoms with E-state index in [4.69, 9.17) is 0 Å². The number of rotatable bonds is 6. The Morgan fingerprint density at radius 2 is 1.75 bits per heavy atom. The quantitative estimate of drug-likeness (QED) is 0.625. The SMILES string of the molecule is CCn1c(SCC(=O)NC2CCCCCC2)nnc1C1CCCC1. The fourth-order valence-electron chi connectivity index (χ4n) is 4.01. The zero-order valence-corrected chi connectivity index (χ0v) is 15.6. The van der Waals surface area contributed by atoms with E-state index in [2.05, 4.69) is 27.0 Å². The number of carbonyl (C=O) groups is 1. The van der Waals surface area contributed by atoms with Gasteiger partial charge in [-0.3, -0.25) is 4.79 Å². The van der Waals surface area contributed by atoms with Crippen molar-refractivity contribution in [3.05, 3.63) is 5.82 Å². The first-order valence-corrected chi connectivity index (χ1v) is 10.6. The Morgan fingerprint density at radius 1 is 1.08 bits per heavy atom. The molecule has 1 aromatic heterocycles. The maximum Gasteiger partial charge on any atom is 0.230 e. The molecule has 1 aromatic rings. The first-order valence-electron chi connectivity index (χ1n) is 9.63. The molecule has 6 heteroatoms. The minimum absolute atomic E-state index is 0.139. The number of aromatic nitrogens is 3. The largest absolute Gasteiger partial charge is 0.353 e. The van der Waals surface area contributed by atoms with Crippen LogP contribution in [0.15, 0.2) is 5.16 Å². The molecular formula is C18H30N4OS. The molecule has 2 fully saturated rings. The predicted octanol–water partition coefficient (Wildman–Crippen LogP) is 3.89. The van der Waals surface area contributed by atoms with E-state index in [9.17, 15) is 4.79 Å². The van der Waals surface area contributed by atoms with Crippen LogP contribution in [0.3, 0.4) is 0 Å². The lowest BCUT2D eigenvalue weighted by atomic mass is 10.1. The number of nitrogens with zero attached hydrogens (tertiary/aromatic N) is 3. The molecule has 0 unspecified atom stereocenters. The van der Waals surface area contributed by atoms with E-state index in [0.29, 0.717) is 17.7 Å². The summed E-state index contributed by atoms with van der Waals surface area (Å²) in [6.45, 7) is 3.02. The van der Waals surface area contributed by atoms with Crippen molar-refractivity contribution in [1.82, 2.24) is 20.1 Å². The predicted molar refractivity (Wildman–Crippen MR) is 97.3 cm³/mol. The van der Waals surface area contributed by atoms with Gasteiger partial charge >= 0.3 is 0 Å². The standard InChI is InChI=1S/C18H30N4OS/c1-2-22-17(14-9-7-8-10-14)20-21-18(22)24-13-16(23)19-15-11-5-3-4-6-12-15/h14-15H,2-13H2,1H3,(H,19,23). The summed E-state index contributed by atoms with van der Waals surface area (Å²) >= 11 is 1.53. The van der Waals surface area contributed by atoms with E-state index in [1.165, 1.54) is 63.1 Å². The summed E-state index contributed by atoms with van der Waals surface area (Å²) in [6, 6.07) is 0.374. The van der Waals surface area contributed by atoms with Crippen LogP contribution in [0.25, 0.3) is 0 Å². The monoisotopic (exact) mass is 350 g/mol. The fourth-order valence-corrected chi connectivity index (χ4v) is 4.83. The maximum absolute atomic E-state index is 12.3. The van der Waals surface area contributed by atoms with Gasteiger partial charge in [0.05, 0.1) is 5.75 Å². The maximum atomic E-state index is 12.3. The molecule has 0 aromatic carbocycles. The van der Waals surface area contributed by atoms with Gasteiger partial charge in [0.1, 0.15) is 5.82 Å². The highest BCUT2D eigenvalue weighted by Crippen LogP contribution is 2.34. The van der Waals surface area contributed by atoms with Crippen molar-refractivity contribution < 1.29 is 4.79 Å². The number of amides is 1. The summed E-state index contributed by atoms with van der Waals surface area (Å²) in [6.07, 6.45) is 12.4. The van der Waals surface area contributed by atoms with Crippen LogP contribution in [0.2, 0.25) is 0 Å². The molecule has 0 aliphatic heterocycles. The van der Waals surface area contributed by atoms with Gasteiger partial charge in [-0.1, -0.05) is 50.3 Å². The summed E-state index contributed by atoms with van der Waals surface area (Å²) in [4.78, 5) is 12.3. The molecule has 5 nitrogen and oxygen atoms in total. The van der Waals surface area contributed by atoms with Crippen LogP contribution in [-0.2, 0) is 11.3 Å². The Morgan fingerprint density at radius 3 is 2.42 bits per heavy atom. The summed E-state index contributed by atoms with van der Waals surface area (Å²) in [5, 5.41) is 12.9. The molecule has 134 valence electrons. The van der Waals surface area contributed by atoms with Gasteiger partial charge in [-0.2, -0.15) is 0 Å². The molecule has 2 aliphatic carbocycles. The molecule has 2 aliphatic rings. The van der Waals surface area contributed by atoms with E-state index >= 15 is 0 Å². The van der Waals surface area contributed by atoms with Gasteiger partial charge in [-0.15, -0.1) is 10.2 Å². The van der Waals surface area contributed by atoms with E-state index in [1.807, 2.05) is 0 Å². The molecular weight excluding hydrogens is 320 g/mol. The van der Waals surface area contributed by atoms with Crippen LogP contribution in [0, 0.1) is 0 Å². The van der Waals surface area contributed by atoms with Crippen molar-refractivity contribution in [1.29, 1.82) is 0 Å². The second-order valence-electron chi connectivity index (χ2n) is 7.11. The molecule has 0 atom stereocenters. The molecule has 0 radical (unpaired) electrons. The van der Waals surface area contributed by atoms with E-state index in [1.54, 1.807) is 0 Å². The molecule has 0 bridgehead atoms. The molecule has 24 heavy (non-hydrogen) atoms. The molecule has 0 spiro atoms. The van der Waals surface area contributed by atoms with Crippen LogP contribution in [-0.4, -0.2) is 32.5 Å². The molecule has 0 saturated heterocycles. The van der Waals surface area contributed by atoms with Crippen molar-refractivity contribution in [2.45, 2.75) is 94.8 Å². The lowest BCUT2D eigenvalue weighted by Crippen LogP contribution is -2.35. The minimum atomic E-state index is 0.139. The number of thioether (sulfide) groups is 1. The molecule has 1 heterocycles. The lowest BCUT2D eigenvalue weighted by molar-refractivity contribution is -0.119. The van der Waals surface area contributed by atoms with Crippen molar-refractivity contribution in [2.75, 3.05) is 5.75 Å². The normalized spacial score (nSPS) is 20.2. The Balaban J connectivity index is 1.53. The number of hydrogen-bond donors (Lipinski definition) is 1. The van der Waals surface area contributed by atoms with Gasteiger partial charge < -0.3 is 9.88 Å². The second-order valence-corrected chi connectivity index (χ2v) is 8.05. The first-order chi connectivity index (χ1) is 11.8. The molecule has 1 amide bonds. The average Bonchev–Trinajstić information content (AvgIpc) is 3.18. The summed E-state index contributed by atoms with van der Waals surface area (Å²) in [5.74, 6) is 2.27. The topological polar surface area (TPSA) is 59.8 Å². The van der Waals surface area contributed by atoms with E-state index in [-0.39, 0.29) is 5.91 Å². The highest BCUT2D eigenvalue weighted by atomic mass is 32.2. The van der Waals surface area contributed by atoms with Crippen LogP contribution in [0.4, 0.5) is 0 Å². The van der Waals surface area contributed by atoms with Crippen molar-refractivity contribution in [3.63, 3.8) is 0 Å². The number of hydrogen-bond acceptors (Lipinski definition) is 4. The zero-order chi connectivity index (χ0) is 16.8. The summed E-state index contributed by atoms with van der Waals surface area (Å²) < 4.78 is 2.21. The Kier molecular flexibility index (Phi) is 6.58. The van der Waals surface area contributed by atoms with Crippen LogP contribution in [0.5, 0.6) is 0 Å². The van der Waals surface area contributed by atoms with Gasteiger partial charge in [0.2, 0.25) is 5.91 Å². The molecule has 3 rings (SSSR count). The second kappa shape index (κ2) is 8.88. The van der Waals surface area contributed by atoms with Crippen molar-refractivity contribution >= 4 is 17.7 Å². The molecule has 1 N–H and O–H groups in total. The van der Waals surface area contributed by atoms with Crippen LogP contribution >= 0.6 is 11.8 Å². The Bertz CT molecular complexity index is 531. The zero-order valence-electron chi connectivity index (χ0n) is 14.8. The van der Waals surface area contributed by atoms with E-state index in [0.717, 1.165) is 30.4 Å². The lowest BCUT2D eigenvalue weighted by Gasteiger charge is -2.16. The van der Waals surface area contributed by atoms with E-state index < -0.39 is 0 Å². The highest BCUT2D eigenvalue weighted by molar-refractivity contribution is 7.99. The Labute approximate surface area is 149 Å². The Hall–Kier alpha value is -1.04. The third kappa shape index (κ3) is 4.52. The minimum Gasteiger partial charge on any atom is -0.353 e. The fraction of sp³-hybridized carbons (Fsp3) is 0.833. The van der Waals surface area contributed by atoms with Crippen molar-refractivity contribution in [2.24, 2.45) is 0 Å². The summed E-state index contributed by atoms with van der Waals surface area (Å²) in [5.41, 5.74) is 0. The summed E-state index contributed by atoms with van der Waals surface area (Å²) in [7, 11) is 0. The van der Waals surface area contributed by atoms with Gasteiger partial charge in [-0.25, -0.2) is 0 Å². The van der Waals surface area contributed by atoms with Gasteiger partial charge in [0.25, 0.3) is 0 Å². The van der Waals surface area contributed by atoms with Gasteiger partial charge in [0, 0.05) is 18.5 Å². The molecule has 2 saturated carbocycles. The van der Waals surface area contributed by atoms with Gasteiger partial charge in [-0.05, 0) is 32.6 Å².